The summed E-state index contributed by atoms with van der Waals surface area (Å²) in [6.45, 7) is 0. The number of halogens is 1. The Morgan fingerprint density at radius 2 is 2.11 bits per heavy atom. The van der Waals surface area contributed by atoms with Gasteiger partial charge in [0.15, 0.2) is 5.16 Å². The molecule has 2 aliphatic carbocycles. The molecule has 0 radical (unpaired) electrons. The van der Waals surface area contributed by atoms with Crippen LogP contribution in [0.5, 0.6) is 0 Å². The highest BCUT2D eigenvalue weighted by Crippen LogP contribution is 2.72. The first kappa shape index (κ1) is 14.2. The molecule has 3 N–H and O–H groups in total. The van der Waals surface area contributed by atoms with Crippen LogP contribution in [0.3, 0.4) is 0 Å². The van der Waals surface area contributed by atoms with Crippen molar-refractivity contribution in [3.05, 3.63) is 12.4 Å². The van der Waals surface area contributed by atoms with E-state index in [-0.39, 0.29) is 18.3 Å². The van der Waals surface area contributed by atoms with Crippen molar-refractivity contribution in [3.63, 3.8) is 0 Å². The third kappa shape index (κ3) is 1.92. The lowest BCUT2D eigenvalue weighted by Gasteiger charge is -2.19. The molecule has 1 heterocycles. The first-order valence-electron chi connectivity index (χ1n) is 5.71. The van der Waals surface area contributed by atoms with E-state index in [0.29, 0.717) is 18.0 Å². The molecule has 1 aromatic heterocycles. The van der Waals surface area contributed by atoms with Gasteiger partial charge in [0.1, 0.15) is 0 Å². The predicted molar refractivity (Wildman–Crippen MR) is 69.4 cm³/mol. The van der Waals surface area contributed by atoms with E-state index < -0.39 is 28.5 Å². The lowest BCUT2D eigenvalue weighted by molar-refractivity contribution is -0.143. The molecule has 2 aliphatic rings. The van der Waals surface area contributed by atoms with Crippen LogP contribution < -0.4 is 0 Å². The molecule has 0 amide bonds. The zero-order valence-electron chi connectivity index (χ0n) is 9.78. The summed E-state index contributed by atoms with van der Waals surface area (Å²) in [4.78, 5) is 29.5. The van der Waals surface area contributed by atoms with Crippen molar-refractivity contribution < 1.29 is 19.8 Å². The molecule has 4 unspecified atom stereocenters. The van der Waals surface area contributed by atoms with Gasteiger partial charge in [0, 0.05) is 12.4 Å². The van der Waals surface area contributed by atoms with Crippen LogP contribution in [0.1, 0.15) is 12.8 Å². The summed E-state index contributed by atoms with van der Waals surface area (Å²) in [5.74, 6) is -3.02. The van der Waals surface area contributed by atoms with Gasteiger partial charge in [-0.15, -0.1) is 12.4 Å². The monoisotopic (exact) mass is 304 g/mol. The van der Waals surface area contributed by atoms with Gasteiger partial charge in [-0.2, -0.15) is 0 Å². The molecule has 6 nitrogen and oxygen atoms in total. The van der Waals surface area contributed by atoms with E-state index >= 15 is 0 Å². The van der Waals surface area contributed by atoms with Crippen molar-refractivity contribution in [2.24, 2.45) is 17.8 Å². The first-order chi connectivity index (χ1) is 8.57. The second kappa shape index (κ2) is 4.72. The van der Waals surface area contributed by atoms with Crippen molar-refractivity contribution in [1.82, 2.24) is 9.97 Å². The summed E-state index contributed by atoms with van der Waals surface area (Å²) in [6.07, 6.45) is 4.45. The minimum absolute atomic E-state index is 0. The Hall–Kier alpha value is -1.21. The lowest BCUT2D eigenvalue weighted by Crippen LogP contribution is -2.29. The molecule has 0 saturated heterocycles. The van der Waals surface area contributed by atoms with Crippen molar-refractivity contribution in [1.29, 1.82) is 0 Å². The Morgan fingerprint density at radius 1 is 1.37 bits per heavy atom. The van der Waals surface area contributed by atoms with Crippen molar-refractivity contribution in [3.8, 4) is 0 Å². The van der Waals surface area contributed by atoms with E-state index in [0.717, 1.165) is 0 Å². The number of carboxylic acid groups (broad SMARTS) is 2. The zero-order valence-corrected chi connectivity index (χ0v) is 11.4. The molecule has 0 spiro atoms. The maximum Gasteiger partial charge on any atom is 0.308 e. The number of carboxylic acids is 2. The second-order valence-electron chi connectivity index (χ2n) is 4.74. The van der Waals surface area contributed by atoms with Crippen LogP contribution in [0, 0.1) is 17.8 Å². The summed E-state index contributed by atoms with van der Waals surface area (Å²) >= 11 is 1.28. The number of nitrogens with one attached hydrogen (secondary N) is 1. The van der Waals surface area contributed by atoms with Crippen LogP contribution in [-0.2, 0) is 9.59 Å². The Bertz CT molecular complexity index is 509. The molecule has 19 heavy (non-hydrogen) atoms. The van der Waals surface area contributed by atoms with Gasteiger partial charge in [-0.25, -0.2) is 4.98 Å². The fourth-order valence-electron chi connectivity index (χ4n) is 3.26. The maximum atomic E-state index is 11.3. The van der Waals surface area contributed by atoms with E-state index in [1.807, 2.05) is 0 Å². The third-order valence-electron chi connectivity index (χ3n) is 3.98. The molecular formula is C11H13ClN2O4S. The summed E-state index contributed by atoms with van der Waals surface area (Å²) in [6, 6.07) is 0. The molecule has 3 rings (SSSR count). The number of aromatic nitrogens is 2. The Labute approximate surface area is 119 Å². The minimum atomic E-state index is -0.902. The number of aromatic amines is 1. The number of aliphatic carboxylic acids is 2. The molecule has 2 saturated carbocycles. The number of imidazole rings is 1. The van der Waals surface area contributed by atoms with E-state index in [1.54, 1.807) is 12.4 Å². The zero-order chi connectivity index (χ0) is 12.9. The summed E-state index contributed by atoms with van der Waals surface area (Å²) in [5.41, 5.74) is 0. The van der Waals surface area contributed by atoms with Crippen molar-refractivity contribution in [2.75, 3.05) is 0 Å². The van der Waals surface area contributed by atoms with E-state index in [1.165, 1.54) is 11.8 Å². The third-order valence-corrected chi connectivity index (χ3v) is 5.59. The topological polar surface area (TPSA) is 103 Å². The number of hydrogen-bond acceptors (Lipinski definition) is 4. The van der Waals surface area contributed by atoms with E-state index in [2.05, 4.69) is 9.97 Å². The highest BCUT2D eigenvalue weighted by Gasteiger charge is 2.77. The summed E-state index contributed by atoms with van der Waals surface area (Å²) in [5, 5.41) is 19.1. The SMILES string of the molecule is Cl.O=C(O)C1CCC2C(C(=O)O)C12Sc1ncc[nH]1. The quantitative estimate of drug-likeness (QED) is 0.778. The van der Waals surface area contributed by atoms with Gasteiger partial charge in [0.25, 0.3) is 0 Å². The van der Waals surface area contributed by atoms with Crippen molar-refractivity contribution >= 4 is 36.1 Å². The number of carbonyl (C=O) groups is 2. The highest BCUT2D eigenvalue weighted by atomic mass is 35.5. The summed E-state index contributed by atoms with van der Waals surface area (Å²) < 4.78 is -0.713. The normalized spacial score (nSPS) is 35.3. The Kier molecular flexibility index (Phi) is 3.53. The van der Waals surface area contributed by atoms with Gasteiger partial charge < -0.3 is 15.2 Å². The number of hydrogen-bond donors (Lipinski definition) is 3. The fourth-order valence-corrected chi connectivity index (χ4v) is 4.93. The molecule has 0 aliphatic heterocycles. The smallest absolute Gasteiger partial charge is 0.308 e. The first-order valence-corrected chi connectivity index (χ1v) is 6.53. The van der Waals surface area contributed by atoms with Crippen LogP contribution in [0.15, 0.2) is 17.6 Å². The Balaban J connectivity index is 0.00000133. The standard InChI is InChI=1S/C11H12N2O4S.ClH/c14-8(15)6-2-1-5-7(9(16)17)11(5,6)18-10-12-3-4-13-10;/h3-7H,1-2H2,(H,12,13)(H,14,15)(H,16,17);1H. The number of H-pyrrole nitrogens is 1. The van der Waals surface area contributed by atoms with Gasteiger partial charge in [-0.1, -0.05) is 11.8 Å². The number of fused-ring (bicyclic) bond motifs is 1. The largest absolute Gasteiger partial charge is 0.481 e. The van der Waals surface area contributed by atoms with Gasteiger partial charge in [0.05, 0.1) is 16.6 Å². The van der Waals surface area contributed by atoms with Crippen LogP contribution in [0.4, 0.5) is 0 Å². The fraction of sp³-hybridized carbons (Fsp3) is 0.545. The van der Waals surface area contributed by atoms with Crippen LogP contribution in [0.2, 0.25) is 0 Å². The van der Waals surface area contributed by atoms with Gasteiger partial charge >= 0.3 is 11.9 Å². The Morgan fingerprint density at radius 3 is 2.58 bits per heavy atom. The molecular weight excluding hydrogens is 292 g/mol. The molecule has 104 valence electrons. The predicted octanol–water partition coefficient (Wildman–Crippen LogP) is 1.49. The van der Waals surface area contributed by atoms with Crippen molar-refractivity contribution in [2.45, 2.75) is 22.7 Å². The maximum absolute atomic E-state index is 11.3. The molecule has 0 bridgehead atoms. The minimum Gasteiger partial charge on any atom is -0.481 e. The highest BCUT2D eigenvalue weighted by molar-refractivity contribution is 8.01. The second-order valence-corrected chi connectivity index (χ2v) is 6.04. The average molecular weight is 305 g/mol. The van der Waals surface area contributed by atoms with Gasteiger partial charge in [-0.05, 0) is 18.8 Å². The molecule has 8 heteroatoms. The number of thioether (sulfide) groups is 1. The van der Waals surface area contributed by atoms with Crippen LogP contribution in [-0.4, -0.2) is 36.9 Å². The molecule has 1 aromatic rings. The number of rotatable bonds is 4. The lowest BCUT2D eigenvalue weighted by atomic mass is 10.00. The van der Waals surface area contributed by atoms with Crippen LogP contribution in [0.25, 0.3) is 0 Å². The van der Waals surface area contributed by atoms with Gasteiger partial charge in [0.2, 0.25) is 0 Å². The van der Waals surface area contributed by atoms with E-state index in [9.17, 15) is 19.8 Å². The van der Waals surface area contributed by atoms with E-state index in [4.69, 9.17) is 0 Å². The molecule has 0 aromatic carbocycles. The van der Waals surface area contributed by atoms with Crippen LogP contribution >= 0.6 is 24.2 Å². The van der Waals surface area contributed by atoms with Gasteiger partial charge in [-0.3, -0.25) is 9.59 Å². The molecule has 2 fully saturated rings. The number of nitrogens with zero attached hydrogens (tertiary/aromatic N) is 1. The molecule has 4 atom stereocenters. The average Bonchev–Trinajstić information content (AvgIpc) is 2.69. The summed E-state index contributed by atoms with van der Waals surface area (Å²) in [7, 11) is 0.